The Labute approximate surface area is 376 Å². The Morgan fingerprint density at radius 2 is 0.672 bits per heavy atom. The molecule has 7 atom stereocenters. The Balaban J connectivity index is 6.25. The fourth-order valence-electron chi connectivity index (χ4n) is 5.44. The third-order valence-corrected chi connectivity index (χ3v) is 9.09. The van der Waals surface area contributed by atoms with Crippen LogP contribution in [0.15, 0.2) is 20.0 Å². The van der Waals surface area contributed by atoms with Crippen LogP contribution in [0.5, 0.6) is 0 Å². The fourth-order valence-corrected chi connectivity index (χ4v) is 5.70. The minimum Gasteiger partial charge on any atom is -0.370 e. The summed E-state index contributed by atoms with van der Waals surface area (Å²) in [6, 6.07) is -8.62. The first-order valence-electron chi connectivity index (χ1n) is 20.2. The highest BCUT2D eigenvalue weighted by Gasteiger charge is 2.32. The lowest BCUT2D eigenvalue weighted by atomic mass is 10.1. The molecule has 64 heavy (non-hydrogen) atoms. The van der Waals surface area contributed by atoms with Gasteiger partial charge < -0.3 is 88.8 Å². The molecule has 0 aliphatic rings. The van der Waals surface area contributed by atoms with E-state index in [2.05, 4.69) is 69.8 Å². The van der Waals surface area contributed by atoms with Gasteiger partial charge in [-0.05, 0) is 65.2 Å². The summed E-state index contributed by atoms with van der Waals surface area (Å²) < 4.78 is 0. The molecular weight excluding hydrogens is 861 g/mol. The van der Waals surface area contributed by atoms with E-state index in [1.165, 1.54) is 20.8 Å². The minimum atomic E-state index is -1.32. The summed E-state index contributed by atoms with van der Waals surface area (Å²) in [6.07, 6.45) is 0.873. The van der Waals surface area contributed by atoms with Crippen molar-refractivity contribution in [1.82, 2.24) is 37.2 Å². The first kappa shape index (κ1) is 57.2. The Morgan fingerprint density at radius 1 is 0.406 bits per heavy atom. The maximum atomic E-state index is 13.7. The Bertz CT molecular complexity index is 1700. The van der Waals surface area contributed by atoms with Gasteiger partial charge in [0.2, 0.25) is 47.3 Å². The maximum Gasteiger partial charge on any atom is 0.244 e. The van der Waals surface area contributed by atoms with Crippen molar-refractivity contribution in [2.45, 2.75) is 114 Å². The average Bonchev–Trinajstić information content (AvgIpc) is 3.20. The molecule has 0 fully saturated rings. The van der Waals surface area contributed by atoms with Gasteiger partial charge in [-0.3, -0.25) is 58.3 Å². The Kier molecular flexibility index (Phi) is 27.8. The van der Waals surface area contributed by atoms with Crippen LogP contribution in [0.2, 0.25) is 0 Å². The van der Waals surface area contributed by atoms with Gasteiger partial charge in [0.1, 0.15) is 42.3 Å². The molecule has 0 aromatic heterocycles. The van der Waals surface area contributed by atoms with Crippen molar-refractivity contribution in [3.8, 4) is 0 Å². The van der Waals surface area contributed by atoms with Gasteiger partial charge in [0.15, 0.2) is 23.8 Å². The summed E-state index contributed by atoms with van der Waals surface area (Å²) in [5.74, 6) is -6.99. The largest absolute Gasteiger partial charge is 0.370 e. The van der Waals surface area contributed by atoms with Crippen molar-refractivity contribution in [2.24, 2.45) is 71.6 Å². The topological polar surface area (TPSA) is 504 Å². The molecule has 28 nitrogen and oxygen atoms in total. The normalized spacial score (nSPS) is 13.8. The monoisotopic (exact) mass is 929 g/mol. The van der Waals surface area contributed by atoms with Gasteiger partial charge in [0, 0.05) is 38.9 Å². The van der Waals surface area contributed by atoms with E-state index < -0.39 is 89.6 Å². The number of rotatable bonds is 31. The van der Waals surface area contributed by atoms with Crippen LogP contribution < -0.4 is 88.8 Å². The molecule has 0 spiro atoms. The van der Waals surface area contributed by atoms with Crippen molar-refractivity contribution in [2.75, 3.05) is 31.9 Å². The van der Waals surface area contributed by atoms with Gasteiger partial charge in [0.25, 0.3) is 0 Å². The number of hydrogen-bond donors (Lipinski definition) is 17. The molecule has 25 N–H and O–H groups in total. The first-order valence-corrected chi connectivity index (χ1v) is 20.8. The fraction of sp³-hybridized carbons (Fsp3) is 0.657. The molecule has 8 amide bonds. The predicted molar refractivity (Wildman–Crippen MR) is 243 cm³/mol. The Hall–Kier alpha value is -6.81. The van der Waals surface area contributed by atoms with E-state index in [9.17, 15) is 38.4 Å². The van der Waals surface area contributed by atoms with Crippen LogP contribution in [0.1, 0.15) is 72.1 Å². The summed E-state index contributed by atoms with van der Waals surface area (Å²) in [4.78, 5) is 120. The zero-order valence-corrected chi connectivity index (χ0v) is 37.3. The van der Waals surface area contributed by atoms with Gasteiger partial charge in [-0.15, -0.1) is 0 Å². The lowest BCUT2D eigenvalue weighted by molar-refractivity contribution is -0.135. The van der Waals surface area contributed by atoms with Crippen LogP contribution in [-0.4, -0.2) is 145 Å². The van der Waals surface area contributed by atoms with Gasteiger partial charge in [-0.25, -0.2) is 0 Å². The molecule has 0 unspecified atom stereocenters. The van der Waals surface area contributed by atoms with E-state index in [-0.39, 0.29) is 101 Å². The molecule has 0 aromatic carbocycles. The Morgan fingerprint density at radius 3 is 0.953 bits per heavy atom. The van der Waals surface area contributed by atoms with Crippen molar-refractivity contribution in [3.05, 3.63) is 0 Å². The highest BCUT2D eigenvalue weighted by atomic mass is 32.1. The van der Waals surface area contributed by atoms with Gasteiger partial charge in [-0.1, -0.05) is 0 Å². The first-order chi connectivity index (χ1) is 30.0. The molecule has 362 valence electrons. The molecule has 0 saturated carbocycles. The lowest BCUT2D eigenvalue weighted by Crippen LogP contribution is -2.59. The molecule has 0 aliphatic carbocycles. The lowest BCUT2D eigenvalue weighted by Gasteiger charge is -2.26. The number of nitrogens with two attached hydrogens (primary N) is 9. The molecule has 0 aromatic rings. The SMILES string of the molecule is CC(=O)N[C@@H](CS)C(=O)N[C@@H](CCCN=C(N)N)C(=O)N[C@@H](CCCN=C(N)N)C(=O)N[C@@H](C)C(=O)N[C@@H](CCCN=C(N)N)C(=O)N[C@@H](C)C(=O)N[C@@H](CCCN=C(N)N)C(N)=O. The third-order valence-electron chi connectivity index (χ3n) is 8.72. The number of carbonyl (C=O) groups is 8. The summed E-state index contributed by atoms with van der Waals surface area (Å²) in [6.45, 7) is 4.27. The van der Waals surface area contributed by atoms with Crippen molar-refractivity contribution in [1.29, 1.82) is 0 Å². The van der Waals surface area contributed by atoms with E-state index in [1.807, 2.05) is 0 Å². The molecule has 0 rings (SSSR count). The number of guanidine groups is 4. The van der Waals surface area contributed by atoms with Crippen LogP contribution >= 0.6 is 12.6 Å². The zero-order chi connectivity index (χ0) is 48.9. The molecular formula is C35H68N20O8S. The van der Waals surface area contributed by atoms with Crippen LogP contribution in [0.25, 0.3) is 0 Å². The van der Waals surface area contributed by atoms with Crippen LogP contribution in [-0.2, 0) is 38.4 Å². The van der Waals surface area contributed by atoms with Gasteiger partial charge in [0.05, 0.1) is 0 Å². The number of nitrogens with one attached hydrogen (secondary N) is 7. The number of hydrogen-bond acceptors (Lipinski definition) is 13. The maximum absolute atomic E-state index is 13.7. The van der Waals surface area contributed by atoms with Gasteiger partial charge in [-0.2, -0.15) is 12.6 Å². The molecule has 0 heterocycles. The highest BCUT2D eigenvalue weighted by Crippen LogP contribution is 2.07. The zero-order valence-electron chi connectivity index (χ0n) is 36.4. The van der Waals surface area contributed by atoms with Crippen LogP contribution in [0, 0.1) is 0 Å². The smallest absolute Gasteiger partial charge is 0.244 e. The summed E-state index contributed by atoms with van der Waals surface area (Å²) in [7, 11) is 0. The van der Waals surface area contributed by atoms with Crippen molar-refractivity contribution in [3.63, 3.8) is 0 Å². The predicted octanol–water partition coefficient (Wildman–Crippen LogP) is -7.93. The van der Waals surface area contributed by atoms with Gasteiger partial charge >= 0.3 is 0 Å². The summed E-state index contributed by atoms with van der Waals surface area (Å²) in [5, 5.41) is 17.6. The van der Waals surface area contributed by atoms with Crippen molar-refractivity contribution < 1.29 is 38.4 Å². The van der Waals surface area contributed by atoms with Crippen molar-refractivity contribution >= 4 is 83.7 Å². The number of thiol groups is 1. The second-order valence-corrected chi connectivity index (χ2v) is 14.7. The van der Waals surface area contributed by atoms with Crippen LogP contribution in [0.3, 0.4) is 0 Å². The second-order valence-electron chi connectivity index (χ2n) is 14.3. The highest BCUT2D eigenvalue weighted by molar-refractivity contribution is 7.80. The minimum absolute atomic E-state index is 0.00575. The third kappa shape index (κ3) is 25.8. The quantitative estimate of drug-likeness (QED) is 0.0133. The van der Waals surface area contributed by atoms with Crippen LogP contribution in [0.4, 0.5) is 0 Å². The number of nitrogens with zero attached hydrogens (tertiary/aromatic N) is 4. The molecule has 0 radical (unpaired) electrons. The second kappa shape index (κ2) is 31.1. The van der Waals surface area contributed by atoms with E-state index in [0.717, 1.165) is 0 Å². The number of aliphatic imine (C=N–C) groups is 4. The van der Waals surface area contributed by atoms with E-state index in [1.54, 1.807) is 0 Å². The summed E-state index contributed by atoms with van der Waals surface area (Å²) >= 11 is 4.11. The average molecular weight is 929 g/mol. The van der Waals surface area contributed by atoms with E-state index in [0.29, 0.717) is 6.42 Å². The number of primary amides is 1. The van der Waals surface area contributed by atoms with E-state index >= 15 is 0 Å². The molecule has 0 saturated heterocycles. The molecule has 0 aliphatic heterocycles. The number of carbonyl (C=O) groups excluding carboxylic acids is 8. The number of amides is 8. The molecule has 0 bridgehead atoms. The molecule has 29 heteroatoms. The summed E-state index contributed by atoms with van der Waals surface area (Å²) in [5.41, 5.74) is 48.6. The standard InChI is InChI=1S/C35H68N20O8S/c1-17(26(58)52-20(25(36)57)8-4-12-45-32(37)38)49-28(60)21(9-5-13-46-33(39)40)53-27(59)18(2)50-29(61)22(10-6-14-47-34(41)42)54-30(62)23(11-7-15-48-35(43)44)55-31(63)24(16-64)51-19(3)56/h17-18,20-24,64H,4-16H2,1-3H3,(H2,36,57)(H,49,60)(H,50,61)(H,51,56)(H,52,58)(H,53,59)(H,54,62)(H,55,63)(H4,37,38,45)(H4,39,40,46)(H4,41,42,47)(H4,43,44,48)/t17-,18-,20-,21-,22-,23-,24-/m0/s1. The van der Waals surface area contributed by atoms with E-state index in [4.69, 9.17) is 51.6 Å².